The van der Waals surface area contributed by atoms with Gasteiger partial charge in [-0.2, -0.15) is 5.10 Å². The summed E-state index contributed by atoms with van der Waals surface area (Å²) in [5, 5.41) is 16.8. The van der Waals surface area contributed by atoms with E-state index in [4.69, 9.17) is 5.10 Å². The molecule has 1 aliphatic rings. The lowest BCUT2D eigenvalue weighted by Gasteiger charge is -2.32. The zero-order valence-corrected chi connectivity index (χ0v) is 18.6. The zero-order chi connectivity index (χ0) is 22.1. The molecule has 2 heterocycles. The van der Waals surface area contributed by atoms with E-state index in [9.17, 15) is 9.59 Å². The molecule has 0 radical (unpaired) electrons. The highest BCUT2D eigenvalue weighted by Gasteiger charge is 2.30. The molecule has 2 unspecified atom stereocenters. The number of aryl methyl sites for hydroxylation is 2. The smallest absolute Gasteiger partial charge is 0.322 e. The van der Waals surface area contributed by atoms with Crippen molar-refractivity contribution in [2.24, 2.45) is 0 Å². The molecule has 8 nitrogen and oxygen atoms in total. The molecular formula is C22H32N6O2. The van der Waals surface area contributed by atoms with Crippen molar-refractivity contribution in [3.05, 3.63) is 41.1 Å². The number of anilines is 2. The molecule has 3 rings (SSSR count). The second-order valence-corrected chi connectivity index (χ2v) is 8.93. The fourth-order valence-electron chi connectivity index (χ4n) is 3.30. The Balaban J connectivity index is 1.85. The van der Waals surface area contributed by atoms with Crippen LogP contribution in [0.15, 0.2) is 24.3 Å². The Labute approximate surface area is 177 Å². The number of nitrogens with zero attached hydrogens (tertiary/aromatic N) is 2. The van der Waals surface area contributed by atoms with E-state index in [0.29, 0.717) is 17.9 Å². The second kappa shape index (κ2) is 8.47. The maximum atomic E-state index is 12.7. The average molecular weight is 413 g/mol. The molecule has 162 valence electrons. The molecule has 2 aromatic rings. The van der Waals surface area contributed by atoms with Crippen molar-refractivity contribution >= 4 is 23.4 Å². The Bertz CT molecular complexity index is 944. The summed E-state index contributed by atoms with van der Waals surface area (Å²) in [5.74, 6) is 0.472. The van der Waals surface area contributed by atoms with E-state index in [0.717, 1.165) is 17.7 Å². The molecule has 4 N–H and O–H groups in total. The summed E-state index contributed by atoms with van der Waals surface area (Å²) in [7, 11) is 0. The summed E-state index contributed by atoms with van der Waals surface area (Å²) in [4.78, 5) is 24.8. The van der Waals surface area contributed by atoms with Crippen LogP contribution in [0.3, 0.4) is 0 Å². The van der Waals surface area contributed by atoms with Crippen LogP contribution in [-0.2, 0) is 10.2 Å². The minimum atomic E-state index is -0.524. The molecule has 0 saturated carbocycles. The third kappa shape index (κ3) is 4.99. The van der Waals surface area contributed by atoms with Crippen LogP contribution in [0.2, 0.25) is 0 Å². The van der Waals surface area contributed by atoms with Gasteiger partial charge in [-0.3, -0.25) is 15.4 Å². The van der Waals surface area contributed by atoms with Crippen LogP contribution in [0.5, 0.6) is 0 Å². The van der Waals surface area contributed by atoms with Crippen molar-refractivity contribution in [3.8, 4) is 0 Å². The lowest BCUT2D eigenvalue weighted by atomic mass is 9.92. The van der Waals surface area contributed by atoms with Crippen LogP contribution in [0.4, 0.5) is 16.3 Å². The normalized spacial score (nSPS) is 19.3. The molecule has 1 aromatic heterocycles. The summed E-state index contributed by atoms with van der Waals surface area (Å²) >= 11 is 0. The van der Waals surface area contributed by atoms with Gasteiger partial charge in [0.25, 0.3) is 0 Å². The van der Waals surface area contributed by atoms with Gasteiger partial charge in [0.1, 0.15) is 5.82 Å². The summed E-state index contributed by atoms with van der Waals surface area (Å²) < 4.78 is 1.64. The number of carbonyl (C=O) groups is 2. The van der Waals surface area contributed by atoms with Crippen LogP contribution in [0, 0.1) is 13.8 Å². The van der Waals surface area contributed by atoms with Gasteiger partial charge >= 0.3 is 6.03 Å². The standard InChI is InChI=1S/C22H32N6O2/c1-7-15-11-19(29)26-20(23-15)28-18(12-17(27-28)22(4,5)6)25-21(30)24-16-9-8-13(2)14(3)10-16/h8-10,12,15,20,23H,7,11H2,1-6H3,(H,26,29)(H2,24,25,30). The first-order valence-corrected chi connectivity index (χ1v) is 10.4. The number of hydrogen-bond acceptors (Lipinski definition) is 4. The van der Waals surface area contributed by atoms with Crippen molar-refractivity contribution in [3.63, 3.8) is 0 Å². The first-order valence-electron chi connectivity index (χ1n) is 10.4. The van der Waals surface area contributed by atoms with Gasteiger partial charge in [0, 0.05) is 29.6 Å². The first-order chi connectivity index (χ1) is 14.1. The molecule has 3 amide bonds. The number of amides is 3. The third-order valence-corrected chi connectivity index (χ3v) is 5.37. The van der Waals surface area contributed by atoms with Crippen LogP contribution >= 0.6 is 0 Å². The monoisotopic (exact) mass is 412 g/mol. The van der Waals surface area contributed by atoms with Crippen molar-refractivity contribution in [1.82, 2.24) is 20.4 Å². The molecule has 0 bridgehead atoms. The van der Waals surface area contributed by atoms with E-state index in [-0.39, 0.29) is 23.4 Å². The first kappa shape index (κ1) is 21.8. The fourth-order valence-corrected chi connectivity index (χ4v) is 3.30. The van der Waals surface area contributed by atoms with Gasteiger partial charge in [0.2, 0.25) is 5.91 Å². The van der Waals surface area contributed by atoms with Gasteiger partial charge in [-0.05, 0) is 43.5 Å². The maximum Gasteiger partial charge on any atom is 0.324 e. The Morgan fingerprint density at radius 1 is 1.20 bits per heavy atom. The Hall–Kier alpha value is -2.87. The summed E-state index contributed by atoms with van der Waals surface area (Å²) in [6, 6.07) is 7.32. The van der Waals surface area contributed by atoms with Gasteiger partial charge in [0.05, 0.1) is 5.69 Å². The molecular weight excluding hydrogens is 380 g/mol. The zero-order valence-electron chi connectivity index (χ0n) is 18.6. The highest BCUT2D eigenvalue weighted by molar-refractivity contribution is 5.99. The van der Waals surface area contributed by atoms with Gasteiger partial charge in [0.15, 0.2) is 6.29 Å². The van der Waals surface area contributed by atoms with Gasteiger partial charge in [-0.1, -0.05) is 33.8 Å². The van der Waals surface area contributed by atoms with Crippen molar-refractivity contribution in [2.45, 2.75) is 72.1 Å². The highest BCUT2D eigenvalue weighted by atomic mass is 16.2. The molecule has 0 spiro atoms. The number of carbonyl (C=O) groups excluding carboxylic acids is 2. The maximum absolute atomic E-state index is 12.7. The van der Waals surface area contributed by atoms with Gasteiger partial charge in [-0.25, -0.2) is 9.48 Å². The summed E-state index contributed by atoms with van der Waals surface area (Å²) in [6.45, 7) is 12.2. The lowest BCUT2D eigenvalue weighted by molar-refractivity contribution is -0.125. The minimum absolute atomic E-state index is 0.0380. The highest BCUT2D eigenvalue weighted by Crippen LogP contribution is 2.26. The number of benzene rings is 1. The minimum Gasteiger partial charge on any atom is -0.322 e. The molecule has 1 aromatic carbocycles. The average Bonchev–Trinajstić information content (AvgIpc) is 3.08. The largest absolute Gasteiger partial charge is 0.324 e. The quantitative estimate of drug-likeness (QED) is 0.614. The van der Waals surface area contributed by atoms with Crippen molar-refractivity contribution in [2.75, 3.05) is 10.6 Å². The predicted octanol–water partition coefficient (Wildman–Crippen LogP) is 3.79. The van der Waals surface area contributed by atoms with Crippen LogP contribution in [0.25, 0.3) is 0 Å². The molecule has 1 aliphatic heterocycles. The van der Waals surface area contributed by atoms with Crippen molar-refractivity contribution < 1.29 is 9.59 Å². The van der Waals surface area contributed by atoms with Gasteiger partial charge < -0.3 is 10.6 Å². The molecule has 1 fully saturated rings. The topological polar surface area (TPSA) is 100 Å². The number of aromatic nitrogens is 2. The van der Waals surface area contributed by atoms with Crippen LogP contribution in [-0.4, -0.2) is 27.8 Å². The lowest BCUT2D eigenvalue weighted by Crippen LogP contribution is -2.53. The predicted molar refractivity (Wildman–Crippen MR) is 118 cm³/mol. The number of urea groups is 1. The number of hydrogen-bond donors (Lipinski definition) is 4. The van der Waals surface area contributed by atoms with Crippen molar-refractivity contribution in [1.29, 1.82) is 0 Å². The number of nitrogens with one attached hydrogen (secondary N) is 4. The van der Waals surface area contributed by atoms with Crippen LogP contribution < -0.4 is 21.3 Å². The molecule has 0 aliphatic carbocycles. The fraction of sp³-hybridized carbons (Fsp3) is 0.500. The molecule has 1 saturated heterocycles. The summed E-state index contributed by atoms with van der Waals surface area (Å²) in [6.07, 6.45) is 0.730. The Kier molecular flexibility index (Phi) is 6.17. The SMILES string of the molecule is CCC1CC(=O)NC(n2nc(C(C)(C)C)cc2NC(=O)Nc2ccc(C)c(C)c2)N1. The van der Waals surface area contributed by atoms with E-state index in [1.54, 1.807) is 4.68 Å². The van der Waals surface area contributed by atoms with Crippen LogP contribution in [0.1, 0.15) is 63.6 Å². The second-order valence-electron chi connectivity index (χ2n) is 8.93. The Morgan fingerprint density at radius 2 is 1.93 bits per heavy atom. The van der Waals surface area contributed by atoms with E-state index in [1.165, 1.54) is 5.56 Å². The molecule has 2 atom stereocenters. The van der Waals surface area contributed by atoms with E-state index >= 15 is 0 Å². The molecule has 30 heavy (non-hydrogen) atoms. The summed E-state index contributed by atoms with van der Waals surface area (Å²) in [5.41, 5.74) is 3.59. The number of rotatable bonds is 4. The van der Waals surface area contributed by atoms with E-state index < -0.39 is 6.29 Å². The Morgan fingerprint density at radius 3 is 2.57 bits per heavy atom. The van der Waals surface area contributed by atoms with Gasteiger partial charge in [-0.15, -0.1) is 0 Å². The molecule has 8 heteroatoms. The van der Waals surface area contributed by atoms with E-state index in [1.807, 2.05) is 45.0 Å². The third-order valence-electron chi connectivity index (χ3n) is 5.37. The van der Waals surface area contributed by atoms with E-state index in [2.05, 4.69) is 42.0 Å².